The van der Waals surface area contributed by atoms with Crippen molar-refractivity contribution >= 4 is 22.5 Å². The number of carbonyl (C=O) groups excluding carboxylic acids is 1. The quantitative estimate of drug-likeness (QED) is 0.346. The lowest BCUT2D eigenvalue weighted by Gasteiger charge is -2.37. The number of amides is 1. The normalized spacial score (nSPS) is 18.4. The molecule has 1 amide bonds. The molecule has 0 spiro atoms. The van der Waals surface area contributed by atoms with E-state index < -0.39 is 0 Å². The molecular weight excluding hydrogens is 506 g/mol. The minimum atomic E-state index is 0.00318. The molecule has 0 radical (unpaired) electrons. The number of rotatable bonds is 8. The van der Waals surface area contributed by atoms with Gasteiger partial charge in [-0.3, -0.25) is 4.79 Å². The zero-order chi connectivity index (χ0) is 27.4. The highest BCUT2D eigenvalue weighted by Crippen LogP contribution is 2.38. The molecule has 5 nitrogen and oxygen atoms in total. The van der Waals surface area contributed by atoms with Crippen molar-refractivity contribution in [3.05, 3.63) is 94.6 Å². The van der Waals surface area contributed by atoms with Crippen molar-refractivity contribution in [1.29, 1.82) is 5.26 Å². The summed E-state index contributed by atoms with van der Waals surface area (Å²) in [5, 5.41) is 13.4. The van der Waals surface area contributed by atoms with Crippen LogP contribution in [0.2, 0.25) is 0 Å². The third-order valence-corrected chi connectivity index (χ3v) is 8.41. The van der Waals surface area contributed by atoms with E-state index in [0.717, 1.165) is 59.3 Å². The fourth-order valence-electron chi connectivity index (χ4n) is 5.84. The Morgan fingerprint density at radius 2 is 1.82 bits per heavy atom. The van der Waals surface area contributed by atoms with Gasteiger partial charge in [-0.05, 0) is 86.2 Å². The number of halogens is 1. The molecule has 3 aromatic rings. The number of hydrogen-bond acceptors (Lipinski definition) is 4. The summed E-state index contributed by atoms with van der Waals surface area (Å²) in [7, 11) is 2.01. The maximum atomic E-state index is 14.3. The Kier molecular flexibility index (Phi) is 8.35. The van der Waals surface area contributed by atoms with Crippen LogP contribution in [0.15, 0.2) is 72.3 Å². The number of nitrogens with zero attached hydrogens (tertiary/aromatic N) is 2. The van der Waals surface area contributed by atoms with Crippen molar-refractivity contribution in [3.8, 4) is 22.9 Å². The predicted molar refractivity (Wildman–Crippen MR) is 156 cm³/mol. The van der Waals surface area contributed by atoms with Crippen molar-refractivity contribution < 1.29 is 9.53 Å². The summed E-state index contributed by atoms with van der Waals surface area (Å²) in [4.78, 5) is 16.3. The Balaban J connectivity index is 1.52. The first-order valence-corrected chi connectivity index (χ1v) is 14.1. The van der Waals surface area contributed by atoms with Crippen molar-refractivity contribution in [2.45, 2.75) is 57.7 Å². The molecule has 0 unspecified atom stereocenters. The molecule has 39 heavy (non-hydrogen) atoms. The van der Waals surface area contributed by atoms with Crippen LogP contribution in [-0.4, -0.2) is 36.5 Å². The summed E-state index contributed by atoms with van der Waals surface area (Å²) in [5.74, 6) is 0.776. The van der Waals surface area contributed by atoms with E-state index in [1.165, 1.54) is 0 Å². The lowest BCUT2D eigenvalue weighted by molar-refractivity contribution is -0.130. The second-order valence-electron chi connectivity index (χ2n) is 10.3. The van der Waals surface area contributed by atoms with Crippen LogP contribution in [0.5, 0.6) is 5.75 Å². The molecule has 0 bridgehead atoms. The number of nitriles is 1. The highest BCUT2D eigenvalue weighted by atomic mass is 35.5. The van der Waals surface area contributed by atoms with E-state index in [2.05, 4.69) is 17.5 Å². The molecule has 0 saturated heterocycles. The molecule has 0 atom stereocenters. The molecule has 0 aliphatic heterocycles. The fraction of sp³-hybridized carbons (Fsp3) is 0.333. The second-order valence-corrected chi connectivity index (χ2v) is 10.7. The number of carbonyl (C=O) groups is 1. The van der Waals surface area contributed by atoms with Gasteiger partial charge in [-0.15, -0.1) is 0 Å². The van der Waals surface area contributed by atoms with Crippen LogP contribution in [0.1, 0.15) is 54.9 Å². The van der Waals surface area contributed by atoms with Crippen LogP contribution in [-0.2, 0) is 17.8 Å². The van der Waals surface area contributed by atoms with Gasteiger partial charge >= 0.3 is 0 Å². The number of benzene rings is 3. The van der Waals surface area contributed by atoms with Gasteiger partial charge in [0.15, 0.2) is 0 Å². The van der Waals surface area contributed by atoms with Gasteiger partial charge in [-0.2, -0.15) is 5.26 Å². The highest BCUT2D eigenvalue weighted by Gasteiger charge is 2.34. The van der Waals surface area contributed by atoms with Crippen LogP contribution in [0.3, 0.4) is 0 Å². The SMILES string of the molecule is CCOc1ccc(-c2cccc(C#N)c2)cc1CN(C(=O)C1=C(Cl)c2ccccc2C1)C1CCC(NC)CC1. The molecule has 2 aliphatic carbocycles. The molecule has 5 rings (SSSR count). The second kappa shape index (κ2) is 12.1. The van der Waals surface area contributed by atoms with Gasteiger partial charge in [0.05, 0.1) is 23.3 Å². The Bertz CT molecular complexity index is 1430. The third-order valence-electron chi connectivity index (χ3n) is 7.98. The van der Waals surface area contributed by atoms with Crippen LogP contribution in [0, 0.1) is 11.3 Å². The van der Waals surface area contributed by atoms with Gasteiger partial charge in [-0.25, -0.2) is 0 Å². The maximum Gasteiger partial charge on any atom is 0.252 e. The number of ether oxygens (including phenoxy) is 1. The molecular formula is C33H34ClN3O2. The van der Waals surface area contributed by atoms with Crippen LogP contribution in [0.25, 0.3) is 16.2 Å². The summed E-state index contributed by atoms with van der Waals surface area (Å²) in [6, 6.07) is 24.5. The Hall–Kier alpha value is -3.59. The number of hydrogen-bond donors (Lipinski definition) is 1. The average molecular weight is 540 g/mol. The monoisotopic (exact) mass is 539 g/mol. The van der Waals surface area contributed by atoms with Gasteiger partial charge in [-0.1, -0.05) is 54.1 Å². The summed E-state index contributed by atoms with van der Waals surface area (Å²) < 4.78 is 6.03. The van der Waals surface area contributed by atoms with E-state index in [0.29, 0.717) is 41.8 Å². The molecule has 1 saturated carbocycles. The van der Waals surface area contributed by atoms with Gasteiger partial charge < -0.3 is 15.0 Å². The topological polar surface area (TPSA) is 65.4 Å². The van der Waals surface area contributed by atoms with E-state index in [4.69, 9.17) is 16.3 Å². The van der Waals surface area contributed by atoms with Gasteiger partial charge in [0.2, 0.25) is 0 Å². The van der Waals surface area contributed by atoms with Crippen molar-refractivity contribution in [1.82, 2.24) is 10.2 Å². The van der Waals surface area contributed by atoms with Crippen molar-refractivity contribution in [3.63, 3.8) is 0 Å². The summed E-state index contributed by atoms with van der Waals surface area (Å²) in [6.07, 6.45) is 4.47. The first-order valence-electron chi connectivity index (χ1n) is 13.7. The van der Waals surface area contributed by atoms with E-state index >= 15 is 0 Å². The van der Waals surface area contributed by atoms with Crippen molar-refractivity contribution in [2.75, 3.05) is 13.7 Å². The summed E-state index contributed by atoms with van der Waals surface area (Å²) >= 11 is 6.82. The fourth-order valence-corrected chi connectivity index (χ4v) is 6.17. The van der Waals surface area contributed by atoms with Crippen LogP contribution in [0.4, 0.5) is 0 Å². The number of fused-ring (bicyclic) bond motifs is 1. The molecule has 2 aliphatic rings. The molecule has 1 N–H and O–H groups in total. The Morgan fingerprint density at radius 1 is 1.05 bits per heavy atom. The van der Waals surface area contributed by atoms with Crippen molar-refractivity contribution in [2.24, 2.45) is 0 Å². The molecule has 0 aromatic heterocycles. The molecule has 6 heteroatoms. The minimum Gasteiger partial charge on any atom is -0.494 e. The summed E-state index contributed by atoms with van der Waals surface area (Å²) in [6.45, 7) is 2.93. The van der Waals surface area contributed by atoms with Crippen LogP contribution < -0.4 is 10.1 Å². The first kappa shape index (κ1) is 27.0. The zero-order valence-electron chi connectivity index (χ0n) is 22.5. The third kappa shape index (κ3) is 5.73. The van der Waals surface area contributed by atoms with E-state index in [1.807, 2.05) is 73.5 Å². The Morgan fingerprint density at radius 3 is 2.54 bits per heavy atom. The lowest BCUT2D eigenvalue weighted by atomic mass is 9.89. The lowest BCUT2D eigenvalue weighted by Crippen LogP contribution is -2.45. The van der Waals surface area contributed by atoms with Gasteiger partial charge in [0.1, 0.15) is 5.75 Å². The Labute approximate surface area is 236 Å². The predicted octanol–water partition coefficient (Wildman–Crippen LogP) is 6.69. The van der Waals surface area contributed by atoms with E-state index in [1.54, 1.807) is 6.07 Å². The molecule has 1 fully saturated rings. The molecule has 3 aromatic carbocycles. The molecule has 0 heterocycles. The maximum absolute atomic E-state index is 14.3. The smallest absolute Gasteiger partial charge is 0.252 e. The highest BCUT2D eigenvalue weighted by molar-refractivity contribution is 6.51. The van der Waals surface area contributed by atoms with E-state index in [9.17, 15) is 10.1 Å². The minimum absolute atomic E-state index is 0.00318. The zero-order valence-corrected chi connectivity index (χ0v) is 23.3. The van der Waals surface area contributed by atoms with Crippen LogP contribution >= 0.6 is 11.6 Å². The van der Waals surface area contributed by atoms with E-state index in [-0.39, 0.29) is 11.9 Å². The number of nitrogens with one attached hydrogen (secondary N) is 1. The average Bonchev–Trinajstić information content (AvgIpc) is 3.32. The molecule has 200 valence electrons. The standard InChI is InChI=1S/C33H34ClN3O2/c1-3-39-31-16-11-24(23-9-6-7-22(17-23)20-35)18-26(31)21-37(28-14-12-27(36-2)13-15-28)33(38)30-19-25-8-4-5-10-29(25)32(30)34/h4-11,16-18,27-28,36H,3,12-15,19,21H2,1-2H3. The summed E-state index contributed by atoms with van der Waals surface area (Å²) in [5.41, 5.74) is 6.24. The van der Waals surface area contributed by atoms with Gasteiger partial charge in [0.25, 0.3) is 5.91 Å². The first-order chi connectivity index (χ1) is 19.0. The largest absolute Gasteiger partial charge is 0.494 e. The van der Waals surface area contributed by atoms with Gasteiger partial charge in [0, 0.05) is 36.2 Å².